The van der Waals surface area contributed by atoms with Gasteiger partial charge in [0, 0.05) is 11.1 Å². The van der Waals surface area contributed by atoms with Crippen LogP contribution in [0, 0.1) is 35.0 Å². The van der Waals surface area contributed by atoms with Gasteiger partial charge >= 0.3 is 0 Å². The molecule has 0 heterocycles. The molecule has 0 aromatic heterocycles. The summed E-state index contributed by atoms with van der Waals surface area (Å²) in [5.41, 5.74) is 6.26. The molecule has 2 N–H and O–H groups in total. The third-order valence-corrected chi connectivity index (χ3v) is 12.7. The number of hydrogen-bond donors (Lipinski definition) is 2. The van der Waals surface area contributed by atoms with Crippen molar-refractivity contribution in [3.8, 4) is 5.75 Å². The monoisotopic (exact) mass is 462 g/mol. The second kappa shape index (κ2) is 7.50. The second-order valence-corrected chi connectivity index (χ2v) is 14.3. The van der Waals surface area contributed by atoms with E-state index in [4.69, 9.17) is 0 Å². The van der Waals surface area contributed by atoms with Gasteiger partial charge < -0.3 is 10.2 Å². The lowest BCUT2D eigenvalue weighted by Crippen LogP contribution is -2.49. The van der Waals surface area contributed by atoms with E-state index < -0.39 is 0 Å². The van der Waals surface area contributed by atoms with Gasteiger partial charge in [0.05, 0.1) is 6.10 Å². The van der Waals surface area contributed by atoms with E-state index in [0.29, 0.717) is 23.5 Å². The van der Waals surface area contributed by atoms with E-state index in [1.165, 1.54) is 80.9 Å². The summed E-state index contributed by atoms with van der Waals surface area (Å²) in [5, 5.41) is 22.9. The first-order chi connectivity index (χ1) is 16.3. The maximum absolute atomic E-state index is 12.0. The van der Waals surface area contributed by atoms with Crippen LogP contribution in [-0.4, -0.2) is 16.3 Å². The fourth-order valence-electron chi connectivity index (χ4n) is 11.3. The normalized spacial score (nSPS) is 47.2. The molecule has 8 rings (SSSR count). The first-order valence-corrected chi connectivity index (χ1v) is 14.9. The molecule has 34 heavy (non-hydrogen) atoms. The zero-order valence-corrected chi connectivity index (χ0v) is 21.8. The number of aliphatic hydroxyl groups excluding tert-OH is 1. The fourth-order valence-corrected chi connectivity index (χ4v) is 11.3. The van der Waals surface area contributed by atoms with Gasteiger partial charge in [-0.15, -0.1) is 0 Å². The number of rotatable bonds is 3. The van der Waals surface area contributed by atoms with Crippen LogP contribution in [0.4, 0.5) is 0 Å². The summed E-state index contributed by atoms with van der Waals surface area (Å²) in [7, 11) is 0. The van der Waals surface area contributed by atoms with Crippen molar-refractivity contribution < 1.29 is 10.2 Å². The fraction of sp³-hybridized carbons (Fsp3) is 0.812. The van der Waals surface area contributed by atoms with Crippen molar-refractivity contribution in [3.05, 3.63) is 28.3 Å². The van der Waals surface area contributed by atoms with Crippen LogP contribution in [0.3, 0.4) is 0 Å². The van der Waals surface area contributed by atoms with Gasteiger partial charge in [-0.25, -0.2) is 0 Å². The van der Waals surface area contributed by atoms with Gasteiger partial charge in [0.2, 0.25) is 0 Å². The Balaban J connectivity index is 1.36. The van der Waals surface area contributed by atoms with Crippen LogP contribution in [0.15, 0.2) is 6.07 Å². The summed E-state index contributed by atoms with van der Waals surface area (Å²) in [5.74, 6) is 5.89. The third kappa shape index (κ3) is 2.90. The summed E-state index contributed by atoms with van der Waals surface area (Å²) in [6, 6.07) is 2.59. The Kier molecular flexibility index (Phi) is 4.90. The molecule has 0 saturated heterocycles. The largest absolute Gasteiger partial charge is 0.507 e. The molecule has 2 heteroatoms. The molecule has 7 aliphatic carbocycles. The Morgan fingerprint density at radius 1 is 1.00 bits per heavy atom. The predicted molar refractivity (Wildman–Crippen MR) is 137 cm³/mol. The molecular weight excluding hydrogens is 416 g/mol. The van der Waals surface area contributed by atoms with E-state index in [2.05, 4.69) is 26.8 Å². The minimum atomic E-state index is -0.0991. The number of aromatic hydroxyl groups is 1. The minimum absolute atomic E-state index is 0.0991. The van der Waals surface area contributed by atoms with E-state index in [1.807, 2.05) is 0 Å². The lowest BCUT2D eigenvalue weighted by molar-refractivity contribution is -0.0229. The molecule has 0 spiro atoms. The van der Waals surface area contributed by atoms with Crippen LogP contribution >= 0.6 is 0 Å². The molecular formula is C32H46O2. The van der Waals surface area contributed by atoms with Crippen molar-refractivity contribution in [3.63, 3.8) is 0 Å². The van der Waals surface area contributed by atoms with Gasteiger partial charge in [-0.3, -0.25) is 0 Å². The summed E-state index contributed by atoms with van der Waals surface area (Å²) >= 11 is 0. The molecule has 1 unspecified atom stereocenters. The standard InChI is InChI=1S/C32H46O2/c1-4-18(2)29-24-6-5-23-22(9-10-31(3)26(23)7-8-28(31)33)25(24)14-27(30(29)34)32-15-19-11-20(16-32)13-21(12-19)17-32/h14,18-23,26,28,33-34H,4-13,15-17H2,1-3H3/t18?,19?,20?,21?,22-,23+,26-,28+,31-,32?/m0/s1. The summed E-state index contributed by atoms with van der Waals surface area (Å²) < 4.78 is 0. The van der Waals surface area contributed by atoms with Gasteiger partial charge in [-0.2, -0.15) is 0 Å². The van der Waals surface area contributed by atoms with Gasteiger partial charge in [-0.05, 0) is 147 Å². The van der Waals surface area contributed by atoms with Gasteiger partial charge in [0.1, 0.15) is 5.75 Å². The van der Waals surface area contributed by atoms with Crippen LogP contribution < -0.4 is 0 Å². The van der Waals surface area contributed by atoms with Gasteiger partial charge in [0.15, 0.2) is 0 Å². The van der Waals surface area contributed by atoms with E-state index in [-0.39, 0.29) is 16.9 Å². The molecule has 1 aromatic rings. The summed E-state index contributed by atoms with van der Waals surface area (Å²) in [6.45, 7) is 7.05. The minimum Gasteiger partial charge on any atom is -0.507 e. The van der Waals surface area contributed by atoms with Crippen LogP contribution in [0.1, 0.15) is 132 Å². The van der Waals surface area contributed by atoms with Crippen molar-refractivity contribution in [2.75, 3.05) is 0 Å². The van der Waals surface area contributed by atoms with E-state index >= 15 is 0 Å². The highest BCUT2D eigenvalue weighted by molar-refractivity contribution is 5.57. The lowest BCUT2D eigenvalue weighted by atomic mass is 9.47. The van der Waals surface area contributed by atoms with Crippen molar-refractivity contribution >= 4 is 0 Å². The van der Waals surface area contributed by atoms with Crippen LogP contribution in [-0.2, 0) is 11.8 Å². The molecule has 1 aromatic carbocycles. The third-order valence-electron chi connectivity index (χ3n) is 12.7. The highest BCUT2D eigenvalue weighted by Gasteiger charge is 2.56. The molecule has 186 valence electrons. The van der Waals surface area contributed by atoms with Crippen molar-refractivity contribution in [1.29, 1.82) is 0 Å². The number of fused-ring (bicyclic) bond motifs is 5. The Morgan fingerprint density at radius 3 is 2.32 bits per heavy atom. The van der Waals surface area contributed by atoms with Gasteiger partial charge in [0.25, 0.3) is 0 Å². The molecule has 2 nitrogen and oxygen atoms in total. The quantitative estimate of drug-likeness (QED) is 0.486. The molecule has 0 radical (unpaired) electrons. The van der Waals surface area contributed by atoms with E-state index in [9.17, 15) is 10.2 Å². The number of aliphatic hydroxyl groups is 1. The number of phenolic OH excluding ortho intramolecular Hbond substituents is 1. The second-order valence-electron chi connectivity index (χ2n) is 14.3. The lowest BCUT2D eigenvalue weighted by Gasteiger charge is -2.57. The van der Waals surface area contributed by atoms with E-state index in [1.54, 1.807) is 5.56 Å². The van der Waals surface area contributed by atoms with Crippen molar-refractivity contribution in [1.82, 2.24) is 0 Å². The first-order valence-electron chi connectivity index (χ1n) is 14.9. The Labute approximate surface area is 206 Å². The summed E-state index contributed by atoms with van der Waals surface area (Å²) in [4.78, 5) is 0. The molecule has 0 amide bonds. The van der Waals surface area contributed by atoms with Crippen molar-refractivity contribution in [2.24, 2.45) is 35.0 Å². The highest BCUT2D eigenvalue weighted by atomic mass is 16.3. The molecule has 6 atom stereocenters. The Bertz CT molecular complexity index is 958. The Morgan fingerprint density at radius 2 is 1.68 bits per heavy atom. The van der Waals surface area contributed by atoms with Gasteiger partial charge in [-0.1, -0.05) is 26.8 Å². The van der Waals surface area contributed by atoms with Crippen LogP contribution in [0.25, 0.3) is 0 Å². The molecule has 4 bridgehead atoms. The molecule has 6 saturated carbocycles. The summed E-state index contributed by atoms with van der Waals surface area (Å²) in [6.07, 6.45) is 16.4. The SMILES string of the molecule is CCC(C)c1c(O)c(C23CC4CC(CC(C4)C2)C3)cc2c1CC[C@@H]1[C@@H]2CC[C@]2(C)[C@H](O)CC[C@@H]12. The first kappa shape index (κ1) is 22.2. The highest BCUT2D eigenvalue weighted by Crippen LogP contribution is 2.65. The topological polar surface area (TPSA) is 40.5 Å². The number of hydrogen-bond acceptors (Lipinski definition) is 2. The molecule has 6 fully saturated rings. The van der Waals surface area contributed by atoms with Crippen LogP contribution in [0.2, 0.25) is 0 Å². The Hall–Kier alpha value is -1.02. The maximum atomic E-state index is 12.0. The zero-order chi connectivity index (χ0) is 23.4. The average molecular weight is 463 g/mol. The average Bonchev–Trinajstić information content (AvgIpc) is 3.11. The van der Waals surface area contributed by atoms with E-state index in [0.717, 1.165) is 42.9 Å². The zero-order valence-electron chi connectivity index (χ0n) is 21.8. The van der Waals surface area contributed by atoms with Crippen LogP contribution in [0.5, 0.6) is 5.75 Å². The molecule has 7 aliphatic rings. The predicted octanol–water partition coefficient (Wildman–Crippen LogP) is 7.59. The molecule has 0 aliphatic heterocycles. The van der Waals surface area contributed by atoms with Crippen molar-refractivity contribution in [2.45, 2.75) is 128 Å². The number of phenols is 1. The smallest absolute Gasteiger partial charge is 0.123 e. The number of benzene rings is 1. The maximum Gasteiger partial charge on any atom is 0.123 e.